The summed E-state index contributed by atoms with van der Waals surface area (Å²) >= 11 is 0. The van der Waals surface area contributed by atoms with Gasteiger partial charge in [-0.05, 0) is 24.3 Å². The van der Waals surface area contributed by atoms with Crippen LogP contribution in [0, 0.1) is 6.92 Å². The van der Waals surface area contributed by atoms with Crippen LogP contribution in [0.2, 0.25) is 0 Å². The highest BCUT2D eigenvalue weighted by Gasteiger charge is 2.09. The predicted molar refractivity (Wildman–Crippen MR) is 85.9 cm³/mol. The number of carbonyl (C=O) groups is 1. The van der Waals surface area contributed by atoms with E-state index in [1.807, 2.05) is 12.1 Å². The van der Waals surface area contributed by atoms with Gasteiger partial charge in [0.25, 0.3) is 5.91 Å². The van der Waals surface area contributed by atoms with E-state index in [-0.39, 0.29) is 12.5 Å². The van der Waals surface area contributed by atoms with E-state index in [4.69, 9.17) is 13.9 Å². The lowest BCUT2D eigenvalue weighted by molar-refractivity contribution is -0.118. The van der Waals surface area contributed by atoms with E-state index in [1.54, 1.807) is 44.4 Å². The monoisotopic (exact) mass is 312 g/mol. The molecule has 6 heteroatoms. The number of anilines is 1. The fraction of sp³-hybridized carbons (Fsp3) is 0.176. The van der Waals surface area contributed by atoms with Gasteiger partial charge in [-0.3, -0.25) is 4.79 Å². The number of amides is 1. The summed E-state index contributed by atoms with van der Waals surface area (Å²) in [4.78, 5) is 16.2. The van der Waals surface area contributed by atoms with Gasteiger partial charge in [-0.15, -0.1) is 0 Å². The van der Waals surface area contributed by atoms with Gasteiger partial charge in [-0.1, -0.05) is 12.1 Å². The van der Waals surface area contributed by atoms with Gasteiger partial charge in [0, 0.05) is 18.7 Å². The maximum Gasteiger partial charge on any atom is 0.262 e. The maximum absolute atomic E-state index is 12.0. The molecule has 1 amide bonds. The summed E-state index contributed by atoms with van der Waals surface area (Å²) in [7, 11) is 1.55. The summed E-state index contributed by atoms with van der Waals surface area (Å²) in [5.74, 6) is 1.42. The van der Waals surface area contributed by atoms with Crippen molar-refractivity contribution < 1.29 is 18.7 Å². The molecule has 1 N–H and O–H groups in total. The molecule has 0 aliphatic carbocycles. The number of methoxy groups -OCH3 is 1. The summed E-state index contributed by atoms with van der Waals surface area (Å²) in [5.41, 5.74) is 2.01. The topological polar surface area (TPSA) is 73.6 Å². The number of oxazole rings is 1. The van der Waals surface area contributed by atoms with Crippen LogP contribution in [0.4, 0.5) is 5.69 Å². The van der Waals surface area contributed by atoms with Gasteiger partial charge in [-0.25, -0.2) is 4.98 Å². The molecule has 1 heterocycles. The first kappa shape index (κ1) is 14.9. The Hall–Kier alpha value is -3.02. The first-order valence-corrected chi connectivity index (χ1v) is 7.08. The van der Waals surface area contributed by atoms with Crippen LogP contribution in [0.25, 0.3) is 11.1 Å². The van der Waals surface area contributed by atoms with Crippen LogP contribution in [-0.4, -0.2) is 24.6 Å². The lowest BCUT2D eigenvalue weighted by Gasteiger charge is -2.10. The Morgan fingerprint density at radius 1 is 1.22 bits per heavy atom. The number of para-hydroxylation sites is 2. The average molecular weight is 312 g/mol. The quantitative estimate of drug-likeness (QED) is 0.783. The largest absolute Gasteiger partial charge is 0.493 e. The van der Waals surface area contributed by atoms with Crippen molar-refractivity contribution in [3.8, 4) is 11.5 Å². The number of hydrogen-bond donors (Lipinski definition) is 1. The fourth-order valence-electron chi connectivity index (χ4n) is 2.20. The van der Waals surface area contributed by atoms with Crippen LogP contribution in [0.3, 0.4) is 0 Å². The van der Waals surface area contributed by atoms with Gasteiger partial charge in [0.2, 0.25) is 0 Å². The molecule has 0 spiro atoms. The van der Waals surface area contributed by atoms with Crippen LogP contribution < -0.4 is 14.8 Å². The number of nitrogens with zero attached hydrogens (tertiary/aromatic N) is 1. The minimum Gasteiger partial charge on any atom is -0.493 e. The van der Waals surface area contributed by atoms with Crippen molar-refractivity contribution in [3.63, 3.8) is 0 Å². The molecule has 0 aliphatic rings. The Kier molecular flexibility index (Phi) is 4.14. The van der Waals surface area contributed by atoms with Gasteiger partial charge in [0.05, 0.1) is 7.11 Å². The first-order valence-electron chi connectivity index (χ1n) is 7.08. The predicted octanol–water partition coefficient (Wildman–Crippen LogP) is 3.16. The van der Waals surface area contributed by atoms with Crippen molar-refractivity contribution in [2.24, 2.45) is 0 Å². The fourth-order valence-corrected chi connectivity index (χ4v) is 2.20. The minimum atomic E-state index is -0.272. The smallest absolute Gasteiger partial charge is 0.262 e. The molecule has 0 saturated carbocycles. The van der Waals surface area contributed by atoms with Crippen molar-refractivity contribution in [2.75, 3.05) is 19.0 Å². The zero-order valence-corrected chi connectivity index (χ0v) is 12.8. The standard InChI is InChI=1S/C17H16N2O4/c1-11-18-13-8-7-12(9-16(13)23-11)19-17(20)10-22-15-6-4-3-5-14(15)21-2/h3-9H,10H2,1-2H3,(H,19,20). The van der Waals surface area contributed by atoms with Crippen LogP contribution in [0.15, 0.2) is 46.9 Å². The molecule has 6 nitrogen and oxygen atoms in total. The second kappa shape index (κ2) is 6.39. The molecule has 2 aromatic carbocycles. The van der Waals surface area contributed by atoms with Crippen LogP contribution in [-0.2, 0) is 4.79 Å². The molecular formula is C17H16N2O4. The highest BCUT2D eigenvalue weighted by molar-refractivity contribution is 5.93. The van der Waals surface area contributed by atoms with Crippen molar-refractivity contribution in [2.45, 2.75) is 6.92 Å². The Bertz CT molecular complexity index is 841. The van der Waals surface area contributed by atoms with Gasteiger partial charge >= 0.3 is 0 Å². The number of rotatable bonds is 5. The summed E-state index contributed by atoms with van der Waals surface area (Å²) in [6, 6.07) is 12.5. The number of fused-ring (bicyclic) bond motifs is 1. The van der Waals surface area contributed by atoms with Crippen LogP contribution in [0.1, 0.15) is 5.89 Å². The summed E-state index contributed by atoms with van der Waals surface area (Å²) < 4.78 is 16.1. The van der Waals surface area contributed by atoms with Crippen LogP contribution >= 0.6 is 0 Å². The number of carbonyl (C=O) groups excluding carboxylic acids is 1. The molecule has 3 rings (SSSR count). The number of ether oxygens (including phenoxy) is 2. The summed E-state index contributed by atoms with van der Waals surface area (Å²) in [6.45, 7) is 1.66. The molecular weight excluding hydrogens is 296 g/mol. The second-order valence-corrected chi connectivity index (χ2v) is 4.90. The van der Waals surface area contributed by atoms with E-state index < -0.39 is 0 Å². The molecule has 0 unspecified atom stereocenters. The summed E-state index contributed by atoms with van der Waals surface area (Å²) in [5, 5.41) is 2.76. The van der Waals surface area contributed by atoms with Crippen molar-refractivity contribution in [1.29, 1.82) is 0 Å². The third kappa shape index (κ3) is 3.42. The highest BCUT2D eigenvalue weighted by Crippen LogP contribution is 2.25. The van der Waals surface area contributed by atoms with E-state index in [9.17, 15) is 4.79 Å². The number of benzene rings is 2. The van der Waals surface area contributed by atoms with Crippen molar-refractivity contribution in [3.05, 3.63) is 48.4 Å². The van der Waals surface area contributed by atoms with E-state index in [2.05, 4.69) is 10.3 Å². The number of aromatic nitrogens is 1. The molecule has 23 heavy (non-hydrogen) atoms. The van der Waals surface area contributed by atoms with Crippen molar-refractivity contribution in [1.82, 2.24) is 4.98 Å². The third-order valence-electron chi connectivity index (χ3n) is 3.21. The highest BCUT2D eigenvalue weighted by atomic mass is 16.5. The Morgan fingerprint density at radius 3 is 2.78 bits per heavy atom. The maximum atomic E-state index is 12.0. The van der Waals surface area contributed by atoms with Gasteiger partial charge in [-0.2, -0.15) is 0 Å². The van der Waals surface area contributed by atoms with E-state index in [1.165, 1.54) is 0 Å². The lowest BCUT2D eigenvalue weighted by atomic mass is 10.3. The Balaban J connectivity index is 1.64. The second-order valence-electron chi connectivity index (χ2n) is 4.90. The van der Waals surface area contributed by atoms with Gasteiger partial charge < -0.3 is 19.2 Å². The molecule has 0 saturated heterocycles. The van der Waals surface area contributed by atoms with Gasteiger partial charge in [0.1, 0.15) is 5.52 Å². The molecule has 0 fully saturated rings. The lowest BCUT2D eigenvalue weighted by Crippen LogP contribution is -2.20. The minimum absolute atomic E-state index is 0.117. The molecule has 118 valence electrons. The first-order chi connectivity index (χ1) is 11.2. The zero-order valence-electron chi connectivity index (χ0n) is 12.8. The normalized spacial score (nSPS) is 10.5. The van der Waals surface area contributed by atoms with Crippen LogP contribution in [0.5, 0.6) is 11.5 Å². The van der Waals surface area contributed by atoms with Crippen molar-refractivity contribution >= 4 is 22.7 Å². The Labute approximate surface area is 133 Å². The molecule has 3 aromatic rings. The Morgan fingerprint density at radius 2 is 2.00 bits per heavy atom. The van der Waals surface area contributed by atoms with E-state index in [0.29, 0.717) is 28.7 Å². The number of aryl methyl sites for hydroxylation is 1. The molecule has 0 atom stereocenters. The van der Waals surface area contributed by atoms with E-state index in [0.717, 1.165) is 5.52 Å². The summed E-state index contributed by atoms with van der Waals surface area (Å²) in [6.07, 6.45) is 0. The SMILES string of the molecule is COc1ccccc1OCC(=O)Nc1ccc2nc(C)oc2c1. The zero-order chi connectivity index (χ0) is 16.2. The average Bonchev–Trinajstić information content (AvgIpc) is 2.92. The molecule has 0 radical (unpaired) electrons. The number of hydrogen-bond acceptors (Lipinski definition) is 5. The molecule has 1 aromatic heterocycles. The van der Waals surface area contributed by atoms with E-state index >= 15 is 0 Å². The molecule has 0 bridgehead atoms. The third-order valence-corrected chi connectivity index (χ3v) is 3.21. The number of nitrogens with one attached hydrogen (secondary N) is 1. The molecule has 0 aliphatic heterocycles. The van der Waals surface area contributed by atoms with Gasteiger partial charge in [0.15, 0.2) is 29.6 Å².